The molecule has 1 heterocycles. The lowest BCUT2D eigenvalue weighted by Gasteiger charge is -2.04. The van der Waals surface area contributed by atoms with Gasteiger partial charge in [-0.05, 0) is 24.3 Å². The predicted molar refractivity (Wildman–Crippen MR) is 93.6 cm³/mol. The highest BCUT2D eigenvalue weighted by Crippen LogP contribution is 2.22. The van der Waals surface area contributed by atoms with Crippen LogP contribution >= 0.6 is 23.1 Å². The lowest BCUT2D eigenvalue weighted by Crippen LogP contribution is -2.13. The number of aromatic nitrogens is 1. The van der Waals surface area contributed by atoms with Gasteiger partial charge in [-0.15, -0.1) is 11.8 Å². The number of rotatable bonds is 6. The number of methoxy groups -OCH3 is 1. The molecule has 0 bridgehead atoms. The second-order valence-corrected chi connectivity index (χ2v) is 6.64. The molecule has 1 aromatic carbocycles. The standard InChI is InChI=1S/C15H15N3O4S2/c1-9(19)17-10-3-5-11(6-4-10)23-8-13(20)18-15-16-7-12(24-15)14(21)22-2/h3-7H,8H2,1-2H3,(H,17,19)(H,16,18,20). The topological polar surface area (TPSA) is 97.4 Å². The van der Waals surface area contributed by atoms with E-state index in [1.54, 1.807) is 12.1 Å². The fraction of sp³-hybridized carbons (Fsp3) is 0.200. The zero-order valence-corrected chi connectivity index (χ0v) is 14.6. The summed E-state index contributed by atoms with van der Waals surface area (Å²) in [6.07, 6.45) is 1.36. The second-order valence-electron chi connectivity index (χ2n) is 4.56. The number of esters is 1. The van der Waals surface area contributed by atoms with E-state index < -0.39 is 5.97 Å². The Morgan fingerprint density at radius 2 is 1.92 bits per heavy atom. The first-order valence-electron chi connectivity index (χ1n) is 6.82. The van der Waals surface area contributed by atoms with Crippen LogP contribution in [-0.2, 0) is 14.3 Å². The van der Waals surface area contributed by atoms with E-state index in [0.717, 1.165) is 16.2 Å². The maximum atomic E-state index is 11.9. The Balaban J connectivity index is 1.83. The van der Waals surface area contributed by atoms with Gasteiger partial charge in [0, 0.05) is 17.5 Å². The number of benzene rings is 1. The highest BCUT2D eigenvalue weighted by Gasteiger charge is 2.12. The SMILES string of the molecule is COC(=O)c1cnc(NC(=O)CSc2ccc(NC(C)=O)cc2)s1. The third-order valence-corrected chi connectivity index (χ3v) is 4.59. The lowest BCUT2D eigenvalue weighted by molar-refractivity contribution is -0.114. The monoisotopic (exact) mass is 365 g/mol. The summed E-state index contributed by atoms with van der Waals surface area (Å²) in [5.41, 5.74) is 0.703. The highest BCUT2D eigenvalue weighted by molar-refractivity contribution is 8.00. The predicted octanol–water partition coefficient (Wildman–Crippen LogP) is 2.62. The number of hydrogen-bond donors (Lipinski definition) is 2. The van der Waals surface area contributed by atoms with Crippen LogP contribution < -0.4 is 10.6 Å². The molecule has 2 aromatic rings. The zero-order valence-electron chi connectivity index (χ0n) is 13.0. The molecule has 2 rings (SSSR count). The van der Waals surface area contributed by atoms with Gasteiger partial charge in [-0.2, -0.15) is 0 Å². The molecule has 7 nitrogen and oxygen atoms in total. The van der Waals surface area contributed by atoms with E-state index in [1.807, 2.05) is 12.1 Å². The van der Waals surface area contributed by atoms with Crippen molar-refractivity contribution in [3.63, 3.8) is 0 Å². The molecule has 1 aromatic heterocycles. The Bertz CT molecular complexity index is 743. The van der Waals surface area contributed by atoms with Crippen LogP contribution in [0.4, 0.5) is 10.8 Å². The molecule has 2 N–H and O–H groups in total. The van der Waals surface area contributed by atoms with Gasteiger partial charge in [-0.1, -0.05) is 11.3 Å². The molecule has 0 saturated carbocycles. The number of carbonyl (C=O) groups excluding carboxylic acids is 3. The van der Waals surface area contributed by atoms with Crippen molar-refractivity contribution in [2.45, 2.75) is 11.8 Å². The smallest absolute Gasteiger partial charge is 0.349 e. The molecule has 9 heteroatoms. The number of amides is 2. The fourth-order valence-electron chi connectivity index (χ4n) is 1.67. The summed E-state index contributed by atoms with van der Waals surface area (Å²) in [5, 5.41) is 5.65. The number of thioether (sulfide) groups is 1. The number of hydrogen-bond acceptors (Lipinski definition) is 7. The van der Waals surface area contributed by atoms with Crippen LogP contribution in [0.2, 0.25) is 0 Å². The average molecular weight is 365 g/mol. The first-order valence-corrected chi connectivity index (χ1v) is 8.62. The summed E-state index contributed by atoms with van der Waals surface area (Å²) >= 11 is 2.41. The molecule has 0 aliphatic heterocycles. The van der Waals surface area contributed by atoms with E-state index in [1.165, 1.54) is 32.0 Å². The molecule has 24 heavy (non-hydrogen) atoms. The third kappa shape index (κ3) is 5.36. The van der Waals surface area contributed by atoms with Crippen molar-refractivity contribution in [1.82, 2.24) is 4.98 Å². The Hall–Kier alpha value is -2.39. The Morgan fingerprint density at radius 1 is 1.21 bits per heavy atom. The van der Waals surface area contributed by atoms with Gasteiger partial charge in [0.1, 0.15) is 4.88 Å². The van der Waals surface area contributed by atoms with E-state index in [-0.39, 0.29) is 17.6 Å². The van der Waals surface area contributed by atoms with Crippen molar-refractivity contribution in [2.75, 3.05) is 23.5 Å². The van der Waals surface area contributed by atoms with Crippen LogP contribution in [-0.4, -0.2) is 35.6 Å². The van der Waals surface area contributed by atoms with Gasteiger partial charge in [0.25, 0.3) is 0 Å². The van der Waals surface area contributed by atoms with Gasteiger partial charge < -0.3 is 15.4 Å². The van der Waals surface area contributed by atoms with Crippen LogP contribution in [0, 0.1) is 0 Å². The van der Waals surface area contributed by atoms with Gasteiger partial charge in [-0.25, -0.2) is 9.78 Å². The first-order chi connectivity index (χ1) is 11.5. The quantitative estimate of drug-likeness (QED) is 0.603. The number of nitrogens with one attached hydrogen (secondary N) is 2. The molecule has 0 saturated heterocycles. The maximum Gasteiger partial charge on any atom is 0.349 e. The van der Waals surface area contributed by atoms with E-state index in [2.05, 4.69) is 20.4 Å². The molecule has 0 fully saturated rings. The normalized spacial score (nSPS) is 10.1. The average Bonchev–Trinajstić information content (AvgIpc) is 3.01. The zero-order chi connectivity index (χ0) is 17.5. The van der Waals surface area contributed by atoms with Gasteiger partial charge in [0.05, 0.1) is 19.1 Å². The molecule has 0 aliphatic carbocycles. The number of thiazole rings is 1. The molecule has 2 amide bonds. The van der Waals surface area contributed by atoms with Crippen molar-refractivity contribution < 1.29 is 19.1 Å². The van der Waals surface area contributed by atoms with E-state index in [4.69, 9.17) is 0 Å². The van der Waals surface area contributed by atoms with Crippen LogP contribution in [0.1, 0.15) is 16.6 Å². The van der Waals surface area contributed by atoms with Crippen molar-refractivity contribution in [3.8, 4) is 0 Å². The largest absolute Gasteiger partial charge is 0.465 e. The fourth-order valence-corrected chi connectivity index (χ4v) is 3.12. The molecule has 0 atom stereocenters. The van der Waals surface area contributed by atoms with Crippen molar-refractivity contribution in [1.29, 1.82) is 0 Å². The summed E-state index contributed by atoms with van der Waals surface area (Å²) in [6, 6.07) is 7.18. The van der Waals surface area contributed by atoms with Crippen LogP contribution in [0.25, 0.3) is 0 Å². The minimum Gasteiger partial charge on any atom is -0.465 e. The maximum absolute atomic E-state index is 11.9. The third-order valence-electron chi connectivity index (χ3n) is 2.68. The summed E-state index contributed by atoms with van der Waals surface area (Å²) < 4.78 is 4.58. The number of nitrogens with zero attached hydrogens (tertiary/aromatic N) is 1. The molecule has 0 unspecified atom stereocenters. The van der Waals surface area contributed by atoms with Gasteiger partial charge in [-0.3, -0.25) is 9.59 Å². The molecule has 0 radical (unpaired) electrons. The Labute approximate surface area is 146 Å². The molecule has 0 spiro atoms. The lowest BCUT2D eigenvalue weighted by atomic mass is 10.3. The molecule has 0 aliphatic rings. The van der Waals surface area contributed by atoms with Crippen molar-refractivity contribution in [3.05, 3.63) is 35.3 Å². The summed E-state index contributed by atoms with van der Waals surface area (Å²) in [7, 11) is 1.29. The first kappa shape index (κ1) is 18.0. The van der Waals surface area contributed by atoms with Gasteiger partial charge in [0.15, 0.2) is 5.13 Å². The number of carbonyl (C=O) groups is 3. The van der Waals surface area contributed by atoms with Crippen LogP contribution in [0.15, 0.2) is 35.4 Å². The van der Waals surface area contributed by atoms with Crippen molar-refractivity contribution >= 4 is 51.7 Å². The Kier molecular flexibility index (Phi) is 6.33. The van der Waals surface area contributed by atoms with Gasteiger partial charge in [0.2, 0.25) is 11.8 Å². The minimum atomic E-state index is -0.485. The summed E-state index contributed by atoms with van der Waals surface area (Å²) in [6.45, 7) is 1.44. The van der Waals surface area contributed by atoms with E-state index in [9.17, 15) is 14.4 Å². The molecular weight excluding hydrogens is 350 g/mol. The van der Waals surface area contributed by atoms with Crippen LogP contribution in [0.5, 0.6) is 0 Å². The number of anilines is 2. The number of ether oxygens (including phenoxy) is 1. The van der Waals surface area contributed by atoms with E-state index >= 15 is 0 Å². The summed E-state index contributed by atoms with van der Waals surface area (Å²) in [5.74, 6) is -0.644. The van der Waals surface area contributed by atoms with E-state index in [0.29, 0.717) is 15.7 Å². The second kappa shape index (κ2) is 8.46. The minimum absolute atomic E-state index is 0.135. The molecular formula is C15H15N3O4S2. The molecule has 126 valence electrons. The van der Waals surface area contributed by atoms with Crippen molar-refractivity contribution in [2.24, 2.45) is 0 Å². The Morgan fingerprint density at radius 3 is 2.54 bits per heavy atom. The van der Waals surface area contributed by atoms with Crippen LogP contribution in [0.3, 0.4) is 0 Å². The van der Waals surface area contributed by atoms with Gasteiger partial charge >= 0.3 is 5.97 Å². The highest BCUT2D eigenvalue weighted by atomic mass is 32.2. The summed E-state index contributed by atoms with van der Waals surface area (Å²) in [4.78, 5) is 39.4.